The highest BCUT2D eigenvalue weighted by Gasteiger charge is 2.17. The molecule has 0 amide bonds. The van der Waals surface area contributed by atoms with Gasteiger partial charge in [0.2, 0.25) is 0 Å². The minimum Gasteiger partial charge on any atom is -0.384 e. The van der Waals surface area contributed by atoms with Crippen LogP contribution in [0.3, 0.4) is 0 Å². The van der Waals surface area contributed by atoms with Crippen molar-refractivity contribution in [1.29, 1.82) is 0 Å². The van der Waals surface area contributed by atoms with Crippen LogP contribution in [0.2, 0.25) is 0 Å². The van der Waals surface area contributed by atoms with Crippen molar-refractivity contribution in [3.05, 3.63) is 66.0 Å². The van der Waals surface area contributed by atoms with Crippen molar-refractivity contribution in [3.63, 3.8) is 0 Å². The lowest BCUT2D eigenvalue weighted by molar-refractivity contribution is 0.493. The molecular formula is C17H12F2N6. The summed E-state index contributed by atoms with van der Waals surface area (Å²) in [4.78, 5) is 12.7. The van der Waals surface area contributed by atoms with E-state index in [1.807, 2.05) is 6.07 Å². The number of rotatable bonds is 3. The molecule has 0 atom stereocenters. The molecule has 3 aromatic heterocycles. The molecule has 0 radical (unpaired) electrons. The fourth-order valence-corrected chi connectivity index (χ4v) is 2.60. The lowest BCUT2D eigenvalue weighted by Gasteiger charge is -2.05. The van der Waals surface area contributed by atoms with E-state index in [2.05, 4.69) is 20.1 Å². The first-order chi connectivity index (χ1) is 12.1. The summed E-state index contributed by atoms with van der Waals surface area (Å²) >= 11 is 0. The Morgan fingerprint density at radius 1 is 1.00 bits per heavy atom. The lowest BCUT2D eigenvalue weighted by atomic mass is 10.2. The number of halogens is 2. The molecule has 6 nitrogen and oxygen atoms in total. The molecule has 0 fully saturated rings. The first kappa shape index (κ1) is 15.1. The SMILES string of the molecule is Nc1ccnc(-c2nn(Cc3cccc(F)c3F)c3ncccc23)n1. The summed E-state index contributed by atoms with van der Waals surface area (Å²) in [7, 11) is 0. The Kier molecular flexibility index (Phi) is 3.57. The van der Waals surface area contributed by atoms with E-state index >= 15 is 0 Å². The Balaban J connectivity index is 1.87. The summed E-state index contributed by atoms with van der Waals surface area (Å²) < 4.78 is 28.9. The molecule has 0 unspecified atom stereocenters. The van der Waals surface area contributed by atoms with Gasteiger partial charge in [-0.3, -0.25) is 0 Å². The number of anilines is 1. The number of hydrogen-bond acceptors (Lipinski definition) is 5. The third-order valence-electron chi connectivity index (χ3n) is 3.75. The van der Waals surface area contributed by atoms with Crippen LogP contribution in [-0.2, 0) is 6.54 Å². The third-order valence-corrected chi connectivity index (χ3v) is 3.75. The van der Waals surface area contributed by atoms with E-state index in [0.29, 0.717) is 28.4 Å². The molecule has 0 saturated heterocycles. The second-order valence-electron chi connectivity index (χ2n) is 5.40. The Labute approximate surface area is 141 Å². The maximum Gasteiger partial charge on any atom is 0.182 e. The molecule has 2 N–H and O–H groups in total. The average molecular weight is 338 g/mol. The largest absolute Gasteiger partial charge is 0.384 e. The summed E-state index contributed by atoms with van der Waals surface area (Å²) in [6.07, 6.45) is 3.14. The Morgan fingerprint density at radius 3 is 2.72 bits per heavy atom. The molecule has 3 heterocycles. The van der Waals surface area contributed by atoms with Gasteiger partial charge in [0, 0.05) is 18.0 Å². The average Bonchev–Trinajstić information content (AvgIpc) is 2.98. The Morgan fingerprint density at radius 2 is 1.88 bits per heavy atom. The topological polar surface area (TPSA) is 82.5 Å². The lowest BCUT2D eigenvalue weighted by Crippen LogP contribution is -2.06. The van der Waals surface area contributed by atoms with Gasteiger partial charge in [-0.05, 0) is 24.3 Å². The van der Waals surface area contributed by atoms with Gasteiger partial charge >= 0.3 is 0 Å². The third kappa shape index (κ3) is 2.67. The summed E-state index contributed by atoms with van der Waals surface area (Å²) in [6, 6.07) is 9.18. The predicted molar refractivity (Wildman–Crippen MR) is 88.4 cm³/mol. The number of fused-ring (bicyclic) bond motifs is 1. The monoisotopic (exact) mass is 338 g/mol. The minimum atomic E-state index is -0.902. The van der Waals surface area contributed by atoms with Gasteiger partial charge in [0.25, 0.3) is 0 Å². The highest BCUT2D eigenvalue weighted by atomic mass is 19.2. The standard InChI is InChI=1S/C17H12F2N6/c18-12-5-1-3-10(14(12)19)9-25-17-11(4-2-7-22-17)15(24-25)16-21-8-6-13(20)23-16/h1-8H,9H2,(H2,20,21,23). The zero-order valence-electron chi connectivity index (χ0n) is 12.9. The first-order valence-electron chi connectivity index (χ1n) is 7.47. The Hall–Kier alpha value is -3.42. The van der Waals surface area contributed by atoms with Crippen molar-refractivity contribution in [3.8, 4) is 11.5 Å². The summed E-state index contributed by atoms with van der Waals surface area (Å²) in [6.45, 7) is 0.0272. The fraction of sp³-hybridized carbons (Fsp3) is 0.0588. The van der Waals surface area contributed by atoms with E-state index in [1.165, 1.54) is 23.0 Å². The van der Waals surface area contributed by atoms with Gasteiger partial charge in [-0.15, -0.1) is 0 Å². The van der Waals surface area contributed by atoms with Gasteiger partial charge in [-0.1, -0.05) is 12.1 Å². The van der Waals surface area contributed by atoms with Crippen LogP contribution in [0.25, 0.3) is 22.6 Å². The molecule has 124 valence electrons. The maximum atomic E-state index is 14.0. The van der Waals surface area contributed by atoms with Gasteiger partial charge in [-0.25, -0.2) is 28.4 Å². The second kappa shape index (κ2) is 5.90. The van der Waals surface area contributed by atoms with Crippen LogP contribution < -0.4 is 5.73 Å². The van der Waals surface area contributed by atoms with Crippen molar-refractivity contribution in [1.82, 2.24) is 24.7 Å². The van der Waals surface area contributed by atoms with E-state index < -0.39 is 11.6 Å². The number of aromatic nitrogens is 5. The number of nitrogens with zero attached hydrogens (tertiary/aromatic N) is 5. The van der Waals surface area contributed by atoms with E-state index in [4.69, 9.17) is 5.73 Å². The summed E-state index contributed by atoms with van der Waals surface area (Å²) in [5.74, 6) is -1.14. The van der Waals surface area contributed by atoms with Gasteiger partial charge in [0.1, 0.15) is 11.5 Å². The van der Waals surface area contributed by atoms with Gasteiger partial charge in [0.15, 0.2) is 23.1 Å². The molecule has 25 heavy (non-hydrogen) atoms. The zero-order valence-corrected chi connectivity index (χ0v) is 12.9. The van der Waals surface area contributed by atoms with Gasteiger partial charge in [-0.2, -0.15) is 5.10 Å². The Bertz CT molecular complexity index is 1080. The zero-order chi connectivity index (χ0) is 17.4. The number of nitrogen functional groups attached to an aromatic ring is 1. The van der Waals surface area contributed by atoms with E-state index in [9.17, 15) is 8.78 Å². The van der Waals surface area contributed by atoms with Crippen molar-refractivity contribution in [2.45, 2.75) is 6.54 Å². The molecule has 1 aromatic carbocycles. The van der Waals surface area contributed by atoms with E-state index in [0.717, 1.165) is 6.07 Å². The molecule has 8 heteroatoms. The van der Waals surface area contributed by atoms with Crippen LogP contribution in [0.5, 0.6) is 0 Å². The molecule has 0 spiro atoms. The molecular weight excluding hydrogens is 326 g/mol. The first-order valence-corrected chi connectivity index (χ1v) is 7.47. The van der Waals surface area contributed by atoms with Crippen LogP contribution in [0.1, 0.15) is 5.56 Å². The fourth-order valence-electron chi connectivity index (χ4n) is 2.60. The number of benzene rings is 1. The molecule has 4 rings (SSSR count). The van der Waals surface area contributed by atoms with Crippen molar-refractivity contribution >= 4 is 16.9 Å². The van der Waals surface area contributed by atoms with Crippen LogP contribution in [0, 0.1) is 11.6 Å². The van der Waals surface area contributed by atoms with Crippen molar-refractivity contribution in [2.75, 3.05) is 5.73 Å². The maximum absolute atomic E-state index is 14.0. The second-order valence-corrected chi connectivity index (χ2v) is 5.40. The molecule has 0 saturated carbocycles. The van der Waals surface area contributed by atoms with Crippen molar-refractivity contribution < 1.29 is 8.78 Å². The summed E-state index contributed by atoms with van der Waals surface area (Å²) in [5.41, 5.74) is 6.89. The van der Waals surface area contributed by atoms with Gasteiger partial charge in [0.05, 0.1) is 11.9 Å². The van der Waals surface area contributed by atoms with Gasteiger partial charge < -0.3 is 5.73 Å². The molecule has 0 aliphatic rings. The minimum absolute atomic E-state index is 0.0272. The van der Waals surface area contributed by atoms with Crippen molar-refractivity contribution in [2.24, 2.45) is 0 Å². The number of nitrogens with two attached hydrogens (primary N) is 1. The van der Waals surface area contributed by atoms with E-state index in [1.54, 1.807) is 18.3 Å². The predicted octanol–water partition coefficient (Wildman–Crippen LogP) is 2.80. The highest BCUT2D eigenvalue weighted by Crippen LogP contribution is 2.25. The summed E-state index contributed by atoms with van der Waals surface area (Å²) in [5, 5.41) is 5.15. The number of hydrogen-bond donors (Lipinski definition) is 1. The van der Waals surface area contributed by atoms with Crippen LogP contribution in [-0.4, -0.2) is 24.7 Å². The molecule has 4 aromatic rings. The highest BCUT2D eigenvalue weighted by molar-refractivity contribution is 5.89. The molecule has 0 aliphatic carbocycles. The van der Waals surface area contributed by atoms with Crippen LogP contribution in [0.15, 0.2) is 48.8 Å². The van der Waals surface area contributed by atoms with Crippen LogP contribution in [0.4, 0.5) is 14.6 Å². The molecule has 0 aliphatic heterocycles. The normalized spacial score (nSPS) is 11.1. The van der Waals surface area contributed by atoms with Crippen LogP contribution >= 0.6 is 0 Å². The quantitative estimate of drug-likeness (QED) is 0.621. The van der Waals surface area contributed by atoms with E-state index in [-0.39, 0.29) is 12.1 Å². The number of pyridine rings is 1. The smallest absolute Gasteiger partial charge is 0.182 e. The molecule has 0 bridgehead atoms.